The van der Waals surface area contributed by atoms with Gasteiger partial charge in [0.15, 0.2) is 5.69 Å². The van der Waals surface area contributed by atoms with Crippen LogP contribution in [0.2, 0.25) is 0 Å². The number of carbonyl (C=O) groups is 1. The summed E-state index contributed by atoms with van der Waals surface area (Å²) in [5.41, 5.74) is 0.341. The molecule has 110 valence electrons. The minimum absolute atomic E-state index is 0.192. The van der Waals surface area contributed by atoms with E-state index in [9.17, 15) is 4.79 Å². The fraction of sp³-hybridized carbons (Fsp3) is 0.643. The zero-order chi connectivity index (χ0) is 14.2. The third-order valence-electron chi connectivity index (χ3n) is 3.28. The SMILES string of the molecule is CCNC(=O)c1ccc(NCCC2CCCCO2)nn1. The third-order valence-corrected chi connectivity index (χ3v) is 3.28. The van der Waals surface area contributed by atoms with Crippen molar-refractivity contribution in [2.75, 3.05) is 25.0 Å². The Balaban J connectivity index is 1.74. The van der Waals surface area contributed by atoms with Gasteiger partial charge in [-0.1, -0.05) is 0 Å². The van der Waals surface area contributed by atoms with E-state index >= 15 is 0 Å². The molecule has 2 rings (SSSR count). The van der Waals surface area contributed by atoms with Crippen molar-refractivity contribution in [2.24, 2.45) is 0 Å². The van der Waals surface area contributed by atoms with Crippen molar-refractivity contribution in [3.63, 3.8) is 0 Å². The van der Waals surface area contributed by atoms with Crippen molar-refractivity contribution in [2.45, 2.75) is 38.7 Å². The maximum Gasteiger partial charge on any atom is 0.271 e. The van der Waals surface area contributed by atoms with Crippen molar-refractivity contribution >= 4 is 11.7 Å². The predicted molar refractivity (Wildman–Crippen MR) is 76.7 cm³/mol. The summed E-state index contributed by atoms with van der Waals surface area (Å²) in [7, 11) is 0. The first-order chi connectivity index (χ1) is 9.79. The summed E-state index contributed by atoms with van der Waals surface area (Å²) in [6.07, 6.45) is 4.91. The van der Waals surface area contributed by atoms with Crippen LogP contribution in [0.1, 0.15) is 43.1 Å². The number of nitrogens with zero attached hydrogens (tertiary/aromatic N) is 2. The Morgan fingerprint density at radius 1 is 1.40 bits per heavy atom. The summed E-state index contributed by atoms with van der Waals surface area (Å²) in [4.78, 5) is 11.5. The van der Waals surface area contributed by atoms with Gasteiger partial charge in [-0.3, -0.25) is 4.79 Å². The van der Waals surface area contributed by atoms with Gasteiger partial charge in [0.05, 0.1) is 6.10 Å². The van der Waals surface area contributed by atoms with Crippen LogP contribution in [0.5, 0.6) is 0 Å². The van der Waals surface area contributed by atoms with Crippen LogP contribution in [0.25, 0.3) is 0 Å². The number of aromatic nitrogens is 2. The van der Waals surface area contributed by atoms with Gasteiger partial charge in [0, 0.05) is 19.7 Å². The van der Waals surface area contributed by atoms with Crippen molar-refractivity contribution in [3.05, 3.63) is 17.8 Å². The quantitative estimate of drug-likeness (QED) is 0.826. The normalized spacial score (nSPS) is 18.6. The number of rotatable bonds is 6. The molecule has 1 atom stereocenters. The van der Waals surface area contributed by atoms with Gasteiger partial charge >= 0.3 is 0 Å². The Kier molecular flexibility index (Phi) is 5.73. The summed E-state index contributed by atoms with van der Waals surface area (Å²) in [6.45, 7) is 4.14. The molecule has 1 aliphatic heterocycles. The van der Waals surface area contributed by atoms with Crippen LogP contribution in [-0.4, -0.2) is 41.9 Å². The van der Waals surface area contributed by atoms with E-state index in [4.69, 9.17) is 4.74 Å². The summed E-state index contributed by atoms with van der Waals surface area (Å²) < 4.78 is 5.66. The molecular weight excluding hydrogens is 256 g/mol. The molecule has 1 aromatic rings. The van der Waals surface area contributed by atoms with Crippen molar-refractivity contribution < 1.29 is 9.53 Å². The molecule has 1 aliphatic rings. The number of nitrogens with one attached hydrogen (secondary N) is 2. The van der Waals surface area contributed by atoms with Crippen LogP contribution in [0, 0.1) is 0 Å². The minimum Gasteiger partial charge on any atom is -0.378 e. The van der Waals surface area contributed by atoms with Gasteiger partial charge in [-0.15, -0.1) is 10.2 Å². The number of hydrogen-bond acceptors (Lipinski definition) is 5. The Bertz CT molecular complexity index is 416. The molecule has 6 heteroatoms. The molecule has 1 aromatic heterocycles. The van der Waals surface area contributed by atoms with Gasteiger partial charge in [0.25, 0.3) is 5.91 Å². The van der Waals surface area contributed by atoms with Crippen molar-refractivity contribution in [1.29, 1.82) is 0 Å². The lowest BCUT2D eigenvalue weighted by atomic mass is 10.1. The highest BCUT2D eigenvalue weighted by Gasteiger charge is 2.13. The van der Waals surface area contributed by atoms with E-state index in [-0.39, 0.29) is 5.91 Å². The monoisotopic (exact) mass is 278 g/mol. The smallest absolute Gasteiger partial charge is 0.271 e. The van der Waals surface area contributed by atoms with Gasteiger partial charge in [-0.2, -0.15) is 0 Å². The van der Waals surface area contributed by atoms with Gasteiger partial charge in [0.1, 0.15) is 5.82 Å². The van der Waals surface area contributed by atoms with E-state index in [0.29, 0.717) is 24.2 Å². The van der Waals surface area contributed by atoms with Gasteiger partial charge in [-0.05, 0) is 44.7 Å². The molecule has 0 bridgehead atoms. The van der Waals surface area contributed by atoms with Gasteiger partial charge in [0.2, 0.25) is 0 Å². The Morgan fingerprint density at radius 3 is 2.95 bits per heavy atom. The van der Waals surface area contributed by atoms with Crippen molar-refractivity contribution in [1.82, 2.24) is 15.5 Å². The van der Waals surface area contributed by atoms with E-state index in [2.05, 4.69) is 20.8 Å². The summed E-state index contributed by atoms with van der Waals surface area (Å²) >= 11 is 0. The number of amides is 1. The summed E-state index contributed by atoms with van der Waals surface area (Å²) in [6, 6.07) is 3.46. The first-order valence-electron chi connectivity index (χ1n) is 7.27. The van der Waals surface area contributed by atoms with Crippen LogP contribution >= 0.6 is 0 Å². The molecule has 1 unspecified atom stereocenters. The van der Waals surface area contributed by atoms with E-state index in [1.165, 1.54) is 12.8 Å². The molecule has 0 spiro atoms. The Labute approximate surface area is 119 Å². The second-order valence-corrected chi connectivity index (χ2v) is 4.87. The number of hydrogen-bond donors (Lipinski definition) is 2. The van der Waals surface area contributed by atoms with Crippen molar-refractivity contribution in [3.8, 4) is 0 Å². The molecule has 0 saturated carbocycles. The summed E-state index contributed by atoms with van der Waals surface area (Å²) in [5.74, 6) is 0.496. The summed E-state index contributed by atoms with van der Waals surface area (Å²) in [5, 5.41) is 13.8. The average Bonchev–Trinajstić information content (AvgIpc) is 2.49. The van der Waals surface area contributed by atoms with Crippen LogP contribution in [-0.2, 0) is 4.74 Å². The zero-order valence-electron chi connectivity index (χ0n) is 11.9. The van der Waals surface area contributed by atoms with E-state index in [1.807, 2.05) is 6.92 Å². The molecule has 2 N–H and O–H groups in total. The number of ether oxygens (including phenoxy) is 1. The van der Waals surface area contributed by atoms with E-state index in [1.54, 1.807) is 12.1 Å². The molecule has 0 radical (unpaired) electrons. The zero-order valence-corrected chi connectivity index (χ0v) is 11.9. The standard InChI is InChI=1S/C14H22N4O2/c1-2-15-14(19)12-6-7-13(18-17-12)16-9-8-11-5-3-4-10-20-11/h6-7,11H,2-5,8-10H2,1H3,(H,15,19)(H,16,18). The molecule has 6 nitrogen and oxygen atoms in total. The lowest BCUT2D eigenvalue weighted by Gasteiger charge is -2.22. The first kappa shape index (κ1) is 14.7. The van der Waals surface area contributed by atoms with Gasteiger partial charge in [-0.25, -0.2) is 0 Å². The molecule has 2 heterocycles. The topological polar surface area (TPSA) is 76.1 Å². The fourth-order valence-corrected chi connectivity index (χ4v) is 2.20. The second-order valence-electron chi connectivity index (χ2n) is 4.87. The van der Waals surface area contributed by atoms with E-state index in [0.717, 1.165) is 26.0 Å². The fourth-order valence-electron chi connectivity index (χ4n) is 2.20. The van der Waals surface area contributed by atoms with Gasteiger partial charge < -0.3 is 15.4 Å². The first-order valence-corrected chi connectivity index (χ1v) is 7.27. The Hall–Kier alpha value is -1.69. The largest absolute Gasteiger partial charge is 0.378 e. The lowest BCUT2D eigenvalue weighted by molar-refractivity contribution is 0.0134. The minimum atomic E-state index is -0.192. The maximum atomic E-state index is 11.5. The highest BCUT2D eigenvalue weighted by molar-refractivity contribution is 5.92. The molecule has 20 heavy (non-hydrogen) atoms. The van der Waals surface area contributed by atoms with Crippen LogP contribution < -0.4 is 10.6 Å². The molecule has 1 saturated heterocycles. The molecule has 0 aliphatic carbocycles. The predicted octanol–water partition coefficient (Wildman–Crippen LogP) is 1.60. The van der Waals surface area contributed by atoms with Crippen LogP contribution in [0.3, 0.4) is 0 Å². The highest BCUT2D eigenvalue weighted by Crippen LogP contribution is 2.15. The second kappa shape index (κ2) is 7.79. The molecule has 1 fully saturated rings. The average molecular weight is 278 g/mol. The third kappa shape index (κ3) is 4.45. The number of anilines is 1. The lowest BCUT2D eigenvalue weighted by Crippen LogP contribution is -2.24. The van der Waals surface area contributed by atoms with Crippen LogP contribution in [0.15, 0.2) is 12.1 Å². The highest BCUT2D eigenvalue weighted by atomic mass is 16.5. The van der Waals surface area contributed by atoms with Crippen LogP contribution in [0.4, 0.5) is 5.82 Å². The molecular formula is C14H22N4O2. The van der Waals surface area contributed by atoms with E-state index < -0.39 is 0 Å². The molecule has 0 aromatic carbocycles. The maximum absolute atomic E-state index is 11.5. The number of carbonyl (C=O) groups excluding carboxylic acids is 1. The Morgan fingerprint density at radius 2 is 2.30 bits per heavy atom. The molecule has 1 amide bonds.